The van der Waals surface area contributed by atoms with Crippen molar-refractivity contribution in [2.45, 2.75) is 52.6 Å². The maximum absolute atomic E-state index is 3.56. The standard InChI is InChI=1S/C12H26N2/c1-10-6-7-11(8-13-10)14(5)9-12(2,3)4/h10-11,13H,6-9H2,1-5H3. The van der Waals surface area contributed by atoms with Gasteiger partial charge in [0.1, 0.15) is 0 Å². The summed E-state index contributed by atoms with van der Waals surface area (Å²) in [5, 5.41) is 3.56. The van der Waals surface area contributed by atoms with Gasteiger partial charge in [-0.1, -0.05) is 20.8 Å². The van der Waals surface area contributed by atoms with Crippen molar-refractivity contribution in [3.05, 3.63) is 0 Å². The van der Waals surface area contributed by atoms with Crippen LogP contribution in [0, 0.1) is 5.41 Å². The molecule has 0 aromatic heterocycles. The zero-order valence-electron chi connectivity index (χ0n) is 10.4. The number of nitrogens with zero attached hydrogens (tertiary/aromatic N) is 1. The predicted molar refractivity (Wildman–Crippen MR) is 62.6 cm³/mol. The van der Waals surface area contributed by atoms with Crippen LogP contribution in [0.3, 0.4) is 0 Å². The van der Waals surface area contributed by atoms with Gasteiger partial charge in [-0.15, -0.1) is 0 Å². The maximum Gasteiger partial charge on any atom is 0.0218 e. The smallest absolute Gasteiger partial charge is 0.0218 e. The molecule has 1 heterocycles. The van der Waals surface area contributed by atoms with Gasteiger partial charge in [0.05, 0.1) is 0 Å². The van der Waals surface area contributed by atoms with Crippen molar-refractivity contribution < 1.29 is 0 Å². The lowest BCUT2D eigenvalue weighted by molar-refractivity contribution is 0.140. The van der Waals surface area contributed by atoms with Crippen LogP contribution in [0.4, 0.5) is 0 Å². The Kier molecular flexibility index (Phi) is 3.96. The second-order valence-corrected chi connectivity index (χ2v) is 6.02. The summed E-state index contributed by atoms with van der Waals surface area (Å²) in [6.45, 7) is 11.6. The zero-order chi connectivity index (χ0) is 10.8. The quantitative estimate of drug-likeness (QED) is 0.731. The molecule has 0 amide bonds. The van der Waals surface area contributed by atoms with Crippen molar-refractivity contribution in [1.82, 2.24) is 10.2 Å². The van der Waals surface area contributed by atoms with E-state index in [1.165, 1.54) is 19.4 Å². The van der Waals surface area contributed by atoms with Crippen LogP contribution in [0.1, 0.15) is 40.5 Å². The van der Waals surface area contributed by atoms with E-state index >= 15 is 0 Å². The number of hydrogen-bond donors (Lipinski definition) is 1. The Balaban J connectivity index is 2.34. The SMILES string of the molecule is CC1CCC(N(C)CC(C)(C)C)CN1. The van der Waals surface area contributed by atoms with Gasteiger partial charge in [-0.3, -0.25) is 0 Å². The van der Waals surface area contributed by atoms with Crippen molar-refractivity contribution >= 4 is 0 Å². The van der Waals surface area contributed by atoms with Crippen molar-refractivity contribution in [2.75, 3.05) is 20.1 Å². The van der Waals surface area contributed by atoms with E-state index in [-0.39, 0.29) is 0 Å². The first-order valence-corrected chi connectivity index (χ1v) is 5.82. The molecule has 1 fully saturated rings. The molecule has 1 aliphatic rings. The van der Waals surface area contributed by atoms with Crippen LogP contribution in [0.5, 0.6) is 0 Å². The number of hydrogen-bond acceptors (Lipinski definition) is 2. The second kappa shape index (κ2) is 4.63. The van der Waals surface area contributed by atoms with Crippen LogP contribution in [-0.4, -0.2) is 37.1 Å². The molecule has 2 heteroatoms. The first-order valence-electron chi connectivity index (χ1n) is 5.82. The van der Waals surface area contributed by atoms with Crippen LogP contribution in [0.25, 0.3) is 0 Å². The Bertz CT molecular complexity index is 164. The highest BCUT2D eigenvalue weighted by molar-refractivity contribution is 4.82. The van der Waals surface area contributed by atoms with E-state index in [2.05, 4.69) is 45.0 Å². The minimum absolute atomic E-state index is 0.414. The fourth-order valence-electron chi connectivity index (χ4n) is 2.24. The molecule has 1 N–H and O–H groups in total. The summed E-state index contributed by atoms with van der Waals surface area (Å²) in [4.78, 5) is 2.51. The third-order valence-electron chi connectivity index (χ3n) is 2.98. The van der Waals surface area contributed by atoms with Crippen molar-refractivity contribution in [2.24, 2.45) is 5.41 Å². The fourth-order valence-corrected chi connectivity index (χ4v) is 2.24. The molecular formula is C12H26N2. The van der Waals surface area contributed by atoms with Gasteiger partial charge in [-0.05, 0) is 32.2 Å². The minimum atomic E-state index is 0.414. The van der Waals surface area contributed by atoms with E-state index < -0.39 is 0 Å². The summed E-state index contributed by atoms with van der Waals surface area (Å²) in [6.07, 6.45) is 2.67. The molecule has 2 unspecified atom stereocenters. The van der Waals surface area contributed by atoms with E-state index in [0.717, 1.165) is 12.6 Å². The van der Waals surface area contributed by atoms with E-state index in [1.54, 1.807) is 0 Å². The van der Waals surface area contributed by atoms with Gasteiger partial charge >= 0.3 is 0 Å². The van der Waals surface area contributed by atoms with E-state index in [9.17, 15) is 0 Å². The third kappa shape index (κ3) is 3.97. The van der Waals surface area contributed by atoms with Gasteiger partial charge in [0.25, 0.3) is 0 Å². The van der Waals surface area contributed by atoms with Gasteiger partial charge in [0, 0.05) is 25.2 Å². The Labute approximate surface area is 89.1 Å². The molecule has 1 aliphatic heterocycles. The largest absolute Gasteiger partial charge is 0.313 e. The first-order chi connectivity index (χ1) is 6.38. The Hall–Kier alpha value is -0.0800. The van der Waals surface area contributed by atoms with Gasteiger partial charge in [-0.2, -0.15) is 0 Å². The predicted octanol–water partition coefficient (Wildman–Crippen LogP) is 2.10. The average molecular weight is 198 g/mol. The summed E-state index contributed by atoms with van der Waals surface area (Å²) >= 11 is 0. The van der Waals surface area contributed by atoms with Crippen LogP contribution in [-0.2, 0) is 0 Å². The van der Waals surface area contributed by atoms with Gasteiger partial charge in [-0.25, -0.2) is 0 Å². The molecule has 2 atom stereocenters. The highest BCUT2D eigenvalue weighted by Crippen LogP contribution is 2.19. The molecule has 0 aromatic rings. The molecule has 1 saturated heterocycles. The molecule has 2 nitrogen and oxygen atoms in total. The fraction of sp³-hybridized carbons (Fsp3) is 1.00. The van der Waals surface area contributed by atoms with Crippen LogP contribution >= 0.6 is 0 Å². The normalized spacial score (nSPS) is 29.6. The van der Waals surface area contributed by atoms with Gasteiger partial charge in [0.15, 0.2) is 0 Å². The minimum Gasteiger partial charge on any atom is -0.313 e. The highest BCUT2D eigenvalue weighted by atomic mass is 15.2. The number of nitrogens with one attached hydrogen (secondary N) is 1. The highest BCUT2D eigenvalue weighted by Gasteiger charge is 2.23. The molecule has 0 bridgehead atoms. The molecular weight excluding hydrogens is 172 g/mol. The molecule has 14 heavy (non-hydrogen) atoms. The molecule has 84 valence electrons. The topological polar surface area (TPSA) is 15.3 Å². The zero-order valence-corrected chi connectivity index (χ0v) is 10.4. The maximum atomic E-state index is 3.56. The van der Waals surface area contributed by atoms with Gasteiger partial charge < -0.3 is 10.2 Å². The summed E-state index contributed by atoms with van der Waals surface area (Å²) in [5.74, 6) is 0. The third-order valence-corrected chi connectivity index (χ3v) is 2.98. The summed E-state index contributed by atoms with van der Waals surface area (Å²) in [5.41, 5.74) is 0.414. The molecule has 1 rings (SSSR count). The van der Waals surface area contributed by atoms with Crippen molar-refractivity contribution in [1.29, 1.82) is 0 Å². The summed E-state index contributed by atoms with van der Waals surface area (Å²) < 4.78 is 0. The van der Waals surface area contributed by atoms with Gasteiger partial charge in [0.2, 0.25) is 0 Å². The van der Waals surface area contributed by atoms with Crippen LogP contribution in [0.15, 0.2) is 0 Å². The summed E-state index contributed by atoms with van der Waals surface area (Å²) in [7, 11) is 2.26. The molecule has 0 aromatic carbocycles. The van der Waals surface area contributed by atoms with E-state index in [1.807, 2.05) is 0 Å². The Morgan fingerprint density at radius 1 is 1.29 bits per heavy atom. The lowest BCUT2D eigenvalue weighted by Gasteiger charge is -2.37. The average Bonchev–Trinajstić information content (AvgIpc) is 2.02. The van der Waals surface area contributed by atoms with Crippen LogP contribution in [0.2, 0.25) is 0 Å². The monoisotopic (exact) mass is 198 g/mol. The lowest BCUT2D eigenvalue weighted by Crippen LogP contribution is -2.49. The molecule has 0 aliphatic carbocycles. The van der Waals surface area contributed by atoms with Crippen LogP contribution < -0.4 is 5.32 Å². The summed E-state index contributed by atoms with van der Waals surface area (Å²) in [6, 6.07) is 1.46. The molecule has 0 spiro atoms. The number of likely N-dealkylation sites (N-methyl/N-ethyl adjacent to an activating group) is 1. The Morgan fingerprint density at radius 3 is 2.36 bits per heavy atom. The van der Waals surface area contributed by atoms with E-state index in [4.69, 9.17) is 0 Å². The second-order valence-electron chi connectivity index (χ2n) is 6.02. The lowest BCUT2D eigenvalue weighted by atomic mass is 9.94. The molecule has 0 radical (unpaired) electrons. The Morgan fingerprint density at radius 2 is 1.93 bits per heavy atom. The number of rotatable bonds is 2. The number of piperidine rings is 1. The van der Waals surface area contributed by atoms with Crippen molar-refractivity contribution in [3.8, 4) is 0 Å². The molecule has 0 saturated carbocycles. The van der Waals surface area contributed by atoms with E-state index in [0.29, 0.717) is 11.5 Å². The first kappa shape index (κ1) is 12.0. The van der Waals surface area contributed by atoms with Crippen molar-refractivity contribution in [3.63, 3.8) is 0 Å².